The predicted molar refractivity (Wildman–Crippen MR) is 47.0 cm³/mol. The first-order valence-electron chi connectivity index (χ1n) is 4.66. The lowest BCUT2D eigenvalue weighted by molar-refractivity contribution is -0.0199. The third kappa shape index (κ3) is 3.50. The Morgan fingerprint density at radius 1 is 1.67 bits per heavy atom. The number of morpholine rings is 1. The lowest BCUT2D eigenvalue weighted by atomic mass is 10.2. The minimum absolute atomic E-state index is 0.314. The van der Waals surface area contributed by atoms with Crippen LogP contribution in [-0.2, 0) is 4.74 Å². The van der Waals surface area contributed by atoms with Gasteiger partial charge >= 0.3 is 0 Å². The normalized spacial score (nSPS) is 28.8. The third-order valence-corrected chi connectivity index (χ3v) is 2.17. The van der Waals surface area contributed by atoms with Gasteiger partial charge in [-0.3, -0.25) is 4.90 Å². The smallest absolute Gasteiger partial charge is 0.0985 e. The molecule has 0 aromatic heterocycles. The van der Waals surface area contributed by atoms with Gasteiger partial charge in [-0.05, 0) is 20.3 Å². The van der Waals surface area contributed by atoms with Gasteiger partial charge in [-0.25, -0.2) is 4.39 Å². The van der Waals surface area contributed by atoms with Gasteiger partial charge in [0.25, 0.3) is 0 Å². The zero-order chi connectivity index (χ0) is 8.97. The molecule has 72 valence electrons. The van der Waals surface area contributed by atoms with Crippen LogP contribution in [-0.4, -0.2) is 43.4 Å². The summed E-state index contributed by atoms with van der Waals surface area (Å²) in [5, 5.41) is 0. The van der Waals surface area contributed by atoms with E-state index in [2.05, 4.69) is 11.8 Å². The van der Waals surface area contributed by atoms with Crippen molar-refractivity contribution in [1.82, 2.24) is 4.90 Å². The summed E-state index contributed by atoms with van der Waals surface area (Å²) in [4.78, 5) is 2.27. The molecular formula is C9H18FNO. The molecule has 1 saturated heterocycles. The minimum atomic E-state index is -0.678. The van der Waals surface area contributed by atoms with Crippen molar-refractivity contribution in [3.63, 3.8) is 0 Å². The summed E-state index contributed by atoms with van der Waals surface area (Å²) in [5.74, 6) is 0. The zero-order valence-electron chi connectivity index (χ0n) is 7.92. The Labute approximate surface area is 73.7 Å². The number of hydrogen-bond acceptors (Lipinski definition) is 2. The highest BCUT2D eigenvalue weighted by atomic mass is 19.1. The zero-order valence-corrected chi connectivity index (χ0v) is 7.92. The Morgan fingerprint density at radius 2 is 2.42 bits per heavy atom. The van der Waals surface area contributed by atoms with E-state index in [1.807, 2.05) is 0 Å². The van der Waals surface area contributed by atoms with Crippen LogP contribution in [0.4, 0.5) is 4.39 Å². The molecule has 1 unspecified atom stereocenters. The number of halogens is 1. The summed E-state index contributed by atoms with van der Waals surface area (Å²) in [7, 11) is 0. The highest BCUT2D eigenvalue weighted by molar-refractivity contribution is 4.68. The Morgan fingerprint density at radius 3 is 3.00 bits per heavy atom. The second-order valence-corrected chi connectivity index (χ2v) is 3.55. The number of rotatable bonds is 3. The molecule has 0 bridgehead atoms. The van der Waals surface area contributed by atoms with Gasteiger partial charge < -0.3 is 4.74 Å². The fourth-order valence-corrected chi connectivity index (χ4v) is 1.45. The van der Waals surface area contributed by atoms with Gasteiger partial charge in [-0.1, -0.05) is 0 Å². The molecular weight excluding hydrogens is 157 g/mol. The van der Waals surface area contributed by atoms with E-state index in [4.69, 9.17) is 4.74 Å². The van der Waals surface area contributed by atoms with Gasteiger partial charge in [-0.2, -0.15) is 0 Å². The molecule has 1 aliphatic rings. The highest BCUT2D eigenvalue weighted by Crippen LogP contribution is 2.06. The average molecular weight is 175 g/mol. The monoisotopic (exact) mass is 175 g/mol. The van der Waals surface area contributed by atoms with E-state index in [1.165, 1.54) is 0 Å². The van der Waals surface area contributed by atoms with Crippen molar-refractivity contribution in [2.24, 2.45) is 0 Å². The largest absolute Gasteiger partial charge is 0.376 e. The molecule has 0 spiro atoms. The Bertz CT molecular complexity index is 130. The van der Waals surface area contributed by atoms with E-state index in [9.17, 15) is 4.39 Å². The van der Waals surface area contributed by atoms with Gasteiger partial charge in [0.2, 0.25) is 0 Å². The summed E-state index contributed by atoms with van der Waals surface area (Å²) < 4.78 is 17.9. The maximum absolute atomic E-state index is 12.5. The van der Waals surface area contributed by atoms with Crippen LogP contribution in [0, 0.1) is 0 Å². The SMILES string of the molecule is CC(F)CCN1CCO[C@@H](C)C1. The molecule has 0 saturated carbocycles. The molecule has 2 atom stereocenters. The Balaban J connectivity index is 2.14. The molecule has 0 aliphatic carbocycles. The molecule has 1 fully saturated rings. The van der Waals surface area contributed by atoms with Crippen molar-refractivity contribution in [2.45, 2.75) is 32.5 Å². The minimum Gasteiger partial charge on any atom is -0.376 e. The van der Waals surface area contributed by atoms with E-state index in [-0.39, 0.29) is 0 Å². The fourth-order valence-electron chi connectivity index (χ4n) is 1.45. The van der Waals surface area contributed by atoms with Crippen molar-refractivity contribution in [3.05, 3.63) is 0 Å². The van der Waals surface area contributed by atoms with Gasteiger partial charge in [0.15, 0.2) is 0 Å². The first-order valence-corrected chi connectivity index (χ1v) is 4.66. The summed E-state index contributed by atoms with van der Waals surface area (Å²) in [6.07, 6.45) is 0.281. The lowest BCUT2D eigenvalue weighted by Gasteiger charge is -2.31. The van der Waals surface area contributed by atoms with Gasteiger partial charge in [0, 0.05) is 19.6 Å². The van der Waals surface area contributed by atoms with Crippen LogP contribution in [0.5, 0.6) is 0 Å². The summed E-state index contributed by atoms with van der Waals surface area (Å²) in [6, 6.07) is 0. The van der Waals surface area contributed by atoms with Crippen molar-refractivity contribution < 1.29 is 9.13 Å². The van der Waals surface area contributed by atoms with Gasteiger partial charge in [0.05, 0.1) is 18.9 Å². The van der Waals surface area contributed by atoms with Gasteiger partial charge in [0.1, 0.15) is 0 Å². The lowest BCUT2D eigenvalue weighted by Crippen LogP contribution is -2.41. The van der Waals surface area contributed by atoms with Crippen LogP contribution >= 0.6 is 0 Å². The van der Waals surface area contributed by atoms with E-state index in [0.29, 0.717) is 12.5 Å². The molecule has 0 aromatic carbocycles. The quantitative estimate of drug-likeness (QED) is 0.644. The molecule has 1 aliphatic heterocycles. The van der Waals surface area contributed by atoms with Crippen molar-refractivity contribution in [1.29, 1.82) is 0 Å². The van der Waals surface area contributed by atoms with Crippen molar-refractivity contribution in [2.75, 3.05) is 26.2 Å². The topological polar surface area (TPSA) is 12.5 Å². The van der Waals surface area contributed by atoms with Crippen molar-refractivity contribution in [3.8, 4) is 0 Å². The van der Waals surface area contributed by atoms with Crippen molar-refractivity contribution >= 4 is 0 Å². The Kier molecular flexibility index (Phi) is 3.95. The van der Waals surface area contributed by atoms with Crippen LogP contribution in [0.25, 0.3) is 0 Å². The number of ether oxygens (including phenoxy) is 1. The molecule has 12 heavy (non-hydrogen) atoms. The highest BCUT2D eigenvalue weighted by Gasteiger charge is 2.16. The fraction of sp³-hybridized carbons (Fsp3) is 1.00. The van der Waals surface area contributed by atoms with E-state index in [0.717, 1.165) is 26.2 Å². The summed E-state index contributed by atoms with van der Waals surface area (Å²) >= 11 is 0. The molecule has 2 nitrogen and oxygen atoms in total. The summed E-state index contributed by atoms with van der Waals surface area (Å²) in [6.45, 7) is 7.24. The maximum atomic E-state index is 12.5. The standard InChI is InChI=1S/C9H18FNO/c1-8(10)3-4-11-5-6-12-9(2)7-11/h8-9H,3-7H2,1-2H3/t8?,9-/m0/s1. The first kappa shape index (κ1) is 9.93. The second kappa shape index (κ2) is 4.77. The van der Waals surface area contributed by atoms with Crippen LogP contribution in [0.1, 0.15) is 20.3 Å². The molecule has 0 amide bonds. The second-order valence-electron chi connectivity index (χ2n) is 3.55. The van der Waals surface area contributed by atoms with Crippen LogP contribution in [0.2, 0.25) is 0 Å². The number of alkyl halides is 1. The third-order valence-electron chi connectivity index (χ3n) is 2.17. The maximum Gasteiger partial charge on any atom is 0.0985 e. The van der Waals surface area contributed by atoms with E-state index >= 15 is 0 Å². The van der Waals surface area contributed by atoms with E-state index < -0.39 is 6.17 Å². The van der Waals surface area contributed by atoms with Crippen LogP contribution in [0.15, 0.2) is 0 Å². The molecule has 1 heterocycles. The molecule has 0 aromatic rings. The van der Waals surface area contributed by atoms with Crippen LogP contribution < -0.4 is 0 Å². The number of nitrogens with zero attached hydrogens (tertiary/aromatic N) is 1. The Hall–Kier alpha value is -0.150. The molecule has 0 radical (unpaired) electrons. The van der Waals surface area contributed by atoms with E-state index in [1.54, 1.807) is 6.92 Å². The molecule has 1 rings (SSSR count). The first-order chi connectivity index (χ1) is 5.68. The van der Waals surface area contributed by atoms with Gasteiger partial charge in [-0.15, -0.1) is 0 Å². The molecule has 3 heteroatoms. The number of hydrogen-bond donors (Lipinski definition) is 0. The molecule has 0 N–H and O–H groups in total. The predicted octanol–water partition coefficient (Wildman–Crippen LogP) is 1.46. The summed E-state index contributed by atoms with van der Waals surface area (Å²) in [5.41, 5.74) is 0. The van der Waals surface area contributed by atoms with Crippen LogP contribution in [0.3, 0.4) is 0 Å². The average Bonchev–Trinajstić information content (AvgIpc) is 2.01.